The first kappa shape index (κ1) is 13.1. The van der Waals surface area contributed by atoms with Crippen LogP contribution in [0.25, 0.3) is 0 Å². The van der Waals surface area contributed by atoms with Crippen molar-refractivity contribution in [3.63, 3.8) is 0 Å². The van der Waals surface area contributed by atoms with Gasteiger partial charge in [0.05, 0.1) is 0 Å². The molecule has 0 aliphatic rings. The number of hydrogen-bond acceptors (Lipinski definition) is 2. The van der Waals surface area contributed by atoms with Gasteiger partial charge in [-0.1, -0.05) is 31.2 Å². The minimum atomic E-state index is 0. The van der Waals surface area contributed by atoms with Crippen LogP contribution < -0.4 is 5.73 Å². The summed E-state index contributed by atoms with van der Waals surface area (Å²) in [6, 6.07) is 7.68. The van der Waals surface area contributed by atoms with Crippen LogP contribution in [0.3, 0.4) is 0 Å². The molecule has 0 aliphatic heterocycles. The Labute approximate surface area is 90.9 Å². The first-order valence-electron chi connectivity index (χ1n) is 4.60. The molecule has 3 heteroatoms. The molecule has 0 amide bonds. The third-order valence-electron chi connectivity index (χ3n) is 2.03. The molecule has 0 aromatic heterocycles. The van der Waals surface area contributed by atoms with Gasteiger partial charge >= 0.3 is 0 Å². The fourth-order valence-corrected chi connectivity index (χ4v) is 1.23. The molecule has 0 bridgehead atoms. The molecular weight excluding hydrogens is 198 g/mol. The van der Waals surface area contributed by atoms with E-state index >= 15 is 0 Å². The molecule has 0 unspecified atom stereocenters. The van der Waals surface area contributed by atoms with Crippen molar-refractivity contribution >= 4 is 18.2 Å². The fourth-order valence-electron chi connectivity index (χ4n) is 1.23. The van der Waals surface area contributed by atoms with Gasteiger partial charge in [-0.25, -0.2) is 0 Å². The summed E-state index contributed by atoms with van der Waals surface area (Å²) in [7, 11) is 0. The molecule has 0 fully saturated rings. The maximum absolute atomic E-state index is 11.3. The number of ketones is 1. The summed E-state index contributed by atoms with van der Waals surface area (Å²) in [5.74, 6) is 0.194. The van der Waals surface area contributed by atoms with Crippen molar-refractivity contribution in [3.05, 3.63) is 35.4 Å². The van der Waals surface area contributed by atoms with Crippen LogP contribution in [0, 0.1) is 0 Å². The van der Waals surface area contributed by atoms with Gasteiger partial charge in [-0.3, -0.25) is 4.79 Å². The van der Waals surface area contributed by atoms with Crippen LogP contribution in [-0.4, -0.2) is 12.3 Å². The second kappa shape index (κ2) is 6.57. The van der Waals surface area contributed by atoms with E-state index in [1.807, 2.05) is 31.2 Å². The monoisotopic (exact) mass is 213 g/mol. The normalized spacial score (nSPS) is 9.29. The second-order valence-electron chi connectivity index (χ2n) is 3.01. The molecular formula is C11H16ClNO. The maximum atomic E-state index is 11.3. The molecule has 0 saturated heterocycles. The zero-order valence-corrected chi connectivity index (χ0v) is 9.14. The molecule has 2 N–H and O–H groups in total. The number of carbonyl (C=O) groups is 1. The Balaban J connectivity index is 0.00000169. The van der Waals surface area contributed by atoms with E-state index in [0.717, 1.165) is 12.0 Å². The molecule has 1 rings (SSSR count). The molecule has 1 aromatic rings. The average molecular weight is 214 g/mol. The summed E-state index contributed by atoms with van der Waals surface area (Å²) in [5.41, 5.74) is 7.40. The minimum Gasteiger partial charge on any atom is -0.330 e. The molecule has 78 valence electrons. The van der Waals surface area contributed by atoms with E-state index in [1.54, 1.807) is 0 Å². The summed E-state index contributed by atoms with van der Waals surface area (Å²) in [6.45, 7) is 2.52. The van der Waals surface area contributed by atoms with Crippen molar-refractivity contribution < 1.29 is 4.79 Å². The van der Waals surface area contributed by atoms with Crippen molar-refractivity contribution in [2.24, 2.45) is 5.73 Å². The number of nitrogens with two attached hydrogens (primary N) is 1. The quantitative estimate of drug-likeness (QED) is 0.780. The first-order valence-corrected chi connectivity index (χ1v) is 4.60. The summed E-state index contributed by atoms with van der Waals surface area (Å²) in [4.78, 5) is 11.3. The zero-order chi connectivity index (χ0) is 9.68. The number of rotatable bonds is 4. The highest BCUT2D eigenvalue weighted by Gasteiger charge is 2.01. The summed E-state index contributed by atoms with van der Waals surface area (Å²) < 4.78 is 0. The third-order valence-corrected chi connectivity index (χ3v) is 2.03. The second-order valence-corrected chi connectivity index (χ2v) is 3.01. The van der Waals surface area contributed by atoms with E-state index < -0.39 is 0 Å². The maximum Gasteiger partial charge on any atom is 0.162 e. The molecule has 0 aliphatic carbocycles. The lowest BCUT2D eigenvalue weighted by molar-refractivity contribution is 0.0988. The van der Waals surface area contributed by atoms with E-state index in [9.17, 15) is 4.79 Å². The number of hydrogen-bond donors (Lipinski definition) is 1. The van der Waals surface area contributed by atoms with E-state index in [4.69, 9.17) is 5.73 Å². The van der Waals surface area contributed by atoms with Crippen LogP contribution in [0.15, 0.2) is 24.3 Å². The lowest BCUT2D eigenvalue weighted by Gasteiger charge is -2.00. The molecule has 0 saturated carbocycles. The molecule has 14 heavy (non-hydrogen) atoms. The van der Waals surface area contributed by atoms with Gasteiger partial charge in [0.25, 0.3) is 0 Å². The number of Topliss-reactive ketones (excluding diaryl/α,β-unsaturated/α-hetero) is 1. The highest BCUT2D eigenvalue weighted by Crippen LogP contribution is 2.06. The van der Waals surface area contributed by atoms with Gasteiger partial charge in [-0.05, 0) is 18.5 Å². The smallest absolute Gasteiger partial charge is 0.162 e. The Hall–Kier alpha value is -0.860. The molecule has 0 heterocycles. The van der Waals surface area contributed by atoms with E-state index in [0.29, 0.717) is 13.0 Å². The standard InChI is InChI=1S/C11H15NO.ClH/c1-2-11(13)10-5-3-9(4-6-10)7-8-12;/h3-6H,2,7-8,12H2,1H3;1H. The summed E-state index contributed by atoms with van der Waals surface area (Å²) >= 11 is 0. The van der Waals surface area contributed by atoms with Crippen molar-refractivity contribution in [1.82, 2.24) is 0 Å². The van der Waals surface area contributed by atoms with Gasteiger partial charge in [0.15, 0.2) is 5.78 Å². The van der Waals surface area contributed by atoms with Gasteiger partial charge in [-0.2, -0.15) is 0 Å². The highest BCUT2D eigenvalue weighted by atomic mass is 35.5. The van der Waals surface area contributed by atoms with Gasteiger partial charge < -0.3 is 5.73 Å². The van der Waals surface area contributed by atoms with Crippen molar-refractivity contribution in [2.75, 3.05) is 6.54 Å². The van der Waals surface area contributed by atoms with Crippen LogP contribution >= 0.6 is 12.4 Å². The minimum absolute atomic E-state index is 0. The Bertz CT molecular complexity index is 282. The SMILES string of the molecule is CCC(=O)c1ccc(CCN)cc1.Cl. The molecule has 0 spiro atoms. The molecule has 0 atom stereocenters. The highest BCUT2D eigenvalue weighted by molar-refractivity contribution is 5.95. The van der Waals surface area contributed by atoms with Crippen LogP contribution in [0.5, 0.6) is 0 Å². The Morgan fingerprint density at radius 3 is 2.29 bits per heavy atom. The van der Waals surface area contributed by atoms with Crippen LogP contribution in [-0.2, 0) is 6.42 Å². The summed E-state index contributed by atoms with van der Waals surface area (Å²) in [6.07, 6.45) is 1.44. The molecule has 0 radical (unpaired) electrons. The predicted octanol–water partition coefficient (Wildman–Crippen LogP) is 2.20. The average Bonchev–Trinajstić information content (AvgIpc) is 2.18. The Morgan fingerprint density at radius 2 is 1.86 bits per heavy atom. The number of benzene rings is 1. The fraction of sp³-hybridized carbons (Fsp3) is 0.364. The Kier molecular flexibility index (Phi) is 6.17. The van der Waals surface area contributed by atoms with Crippen molar-refractivity contribution in [2.45, 2.75) is 19.8 Å². The predicted molar refractivity (Wildman–Crippen MR) is 61.1 cm³/mol. The van der Waals surface area contributed by atoms with Gasteiger partial charge in [0, 0.05) is 12.0 Å². The number of carbonyl (C=O) groups excluding carboxylic acids is 1. The van der Waals surface area contributed by atoms with Crippen LogP contribution in [0.4, 0.5) is 0 Å². The van der Waals surface area contributed by atoms with E-state index in [1.165, 1.54) is 5.56 Å². The van der Waals surface area contributed by atoms with Gasteiger partial charge in [-0.15, -0.1) is 12.4 Å². The number of halogens is 1. The van der Waals surface area contributed by atoms with Crippen molar-refractivity contribution in [1.29, 1.82) is 0 Å². The third kappa shape index (κ3) is 3.48. The largest absolute Gasteiger partial charge is 0.330 e. The van der Waals surface area contributed by atoms with E-state index in [-0.39, 0.29) is 18.2 Å². The molecule has 1 aromatic carbocycles. The van der Waals surface area contributed by atoms with Gasteiger partial charge in [0.1, 0.15) is 0 Å². The molecule has 2 nitrogen and oxygen atoms in total. The lowest BCUT2D eigenvalue weighted by atomic mass is 10.1. The lowest BCUT2D eigenvalue weighted by Crippen LogP contribution is -2.03. The van der Waals surface area contributed by atoms with Crippen molar-refractivity contribution in [3.8, 4) is 0 Å². The van der Waals surface area contributed by atoms with Gasteiger partial charge in [0.2, 0.25) is 0 Å². The Morgan fingerprint density at radius 1 is 1.29 bits per heavy atom. The summed E-state index contributed by atoms with van der Waals surface area (Å²) in [5, 5.41) is 0. The van der Waals surface area contributed by atoms with E-state index in [2.05, 4.69) is 0 Å². The van der Waals surface area contributed by atoms with Crippen LogP contribution in [0.1, 0.15) is 29.3 Å². The van der Waals surface area contributed by atoms with Crippen LogP contribution in [0.2, 0.25) is 0 Å². The zero-order valence-electron chi connectivity index (χ0n) is 8.32. The first-order chi connectivity index (χ1) is 6.27. The topological polar surface area (TPSA) is 43.1 Å².